The summed E-state index contributed by atoms with van der Waals surface area (Å²) >= 11 is 0. The van der Waals surface area contributed by atoms with Gasteiger partial charge in [-0.25, -0.2) is 8.78 Å². The summed E-state index contributed by atoms with van der Waals surface area (Å²) in [6.45, 7) is -0.691. The van der Waals surface area contributed by atoms with Gasteiger partial charge in [-0.05, 0) is 66.4 Å². The standard InChI is InChI=1S/C27H25F2N3O3/c1-35-24-14-20(5-8-22(24)17-9-11-30-12-10-17)26(34)32-16-27(28,29)15-23(32)18-3-2-4-19(13-18)25(33)31-21-6-7-21/h2-5,8-14,21,23H,6-7,15-16H2,1H3,(H,31,33)/t23-/m1/s1. The number of hydrogen-bond donors (Lipinski definition) is 1. The van der Waals surface area contributed by atoms with Gasteiger partial charge < -0.3 is 15.0 Å². The quantitative estimate of drug-likeness (QED) is 0.550. The van der Waals surface area contributed by atoms with Gasteiger partial charge in [0.05, 0.1) is 19.7 Å². The number of carbonyl (C=O) groups is 2. The number of aromatic nitrogens is 1. The Morgan fingerprint density at radius 2 is 1.83 bits per heavy atom. The van der Waals surface area contributed by atoms with Gasteiger partial charge >= 0.3 is 0 Å². The van der Waals surface area contributed by atoms with E-state index in [0.717, 1.165) is 24.0 Å². The molecule has 1 aliphatic heterocycles. The van der Waals surface area contributed by atoms with Crippen molar-refractivity contribution in [2.24, 2.45) is 0 Å². The number of rotatable bonds is 6. The summed E-state index contributed by atoms with van der Waals surface area (Å²) < 4.78 is 34.6. The first-order valence-electron chi connectivity index (χ1n) is 11.5. The van der Waals surface area contributed by atoms with Crippen molar-refractivity contribution in [1.82, 2.24) is 15.2 Å². The number of benzene rings is 2. The molecule has 2 fully saturated rings. The van der Waals surface area contributed by atoms with Crippen LogP contribution in [0.15, 0.2) is 67.0 Å². The first kappa shape index (κ1) is 23.0. The third kappa shape index (κ3) is 4.87. The number of methoxy groups -OCH3 is 1. The van der Waals surface area contributed by atoms with Gasteiger partial charge in [0.25, 0.3) is 17.7 Å². The fourth-order valence-electron chi connectivity index (χ4n) is 4.47. The van der Waals surface area contributed by atoms with Gasteiger partial charge in [-0.2, -0.15) is 0 Å². The van der Waals surface area contributed by atoms with Crippen LogP contribution in [0.4, 0.5) is 8.78 Å². The first-order chi connectivity index (χ1) is 16.8. The molecule has 1 atom stereocenters. The maximum absolute atomic E-state index is 14.6. The zero-order valence-electron chi connectivity index (χ0n) is 19.2. The molecule has 1 saturated heterocycles. The Morgan fingerprint density at radius 3 is 2.54 bits per heavy atom. The van der Waals surface area contributed by atoms with Crippen molar-refractivity contribution in [3.8, 4) is 16.9 Å². The molecular weight excluding hydrogens is 452 g/mol. The monoisotopic (exact) mass is 477 g/mol. The predicted octanol–water partition coefficient (Wildman–Crippen LogP) is 4.87. The van der Waals surface area contributed by atoms with Crippen LogP contribution in [-0.4, -0.2) is 47.3 Å². The highest BCUT2D eigenvalue weighted by atomic mass is 19.3. The van der Waals surface area contributed by atoms with Crippen molar-refractivity contribution in [3.63, 3.8) is 0 Å². The summed E-state index contributed by atoms with van der Waals surface area (Å²) in [7, 11) is 1.50. The second kappa shape index (κ2) is 9.09. The van der Waals surface area contributed by atoms with Crippen LogP contribution in [0.1, 0.15) is 51.6 Å². The molecule has 2 amide bonds. The molecule has 1 N–H and O–H groups in total. The van der Waals surface area contributed by atoms with E-state index in [9.17, 15) is 18.4 Å². The Kier molecular flexibility index (Phi) is 5.96. The van der Waals surface area contributed by atoms with Gasteiger partial charge in [0.1, 0.15) is 5.75 Å². The molecule has 1 saturated carbocycles. The van der Waals surface area contributed by atoms with Gasteiger partial charge in [0, 0.05) is 41.5 Å². The number of nitrogens with one attached hydrogen (secondary N) is 1. The van der Waals surface area contributed by atoms with Gasteiger partial charge in [-0.15, -0.1) is 0 Å². The minimum Gasteiger partial charge on any atom is -0.496 e. The van der Waals surface area contributed by atoms with E-state index in [-0.39, 0.29) is 17.5 Å². The number of amides is 2. The zero-order valence-corrected chi connectivity index (χ0v) is 19.2. The lowest BCUT2D eigenvalue weighted by molar-refractivity contribution is 0.0118. The molecule has 1 aromatic heterocycles. The second-order valence-electron chi connectivity index (χ2n) is 9.03. The first-order valence-corrected chi connectivity index (χ1v) is 11.5. The Labute approximate surface area is 201 Å². The number of likely N-dealkylation sites (tertiary alicyclic amines) is 1. The Morgan fingerprint density at radius 1 is 1.06 bits per heavy atom. The molecule has 1 aliphatic carbocycles. The smallest absolute Gasteiger partial charge is 0.267 e. The van der Waals surface area contributed by atoms with Crippen LogP contribution in [0.2, 0.25) is 0 Å². The molecule has 0 unspecified atom stereocenters. The summed E-state index contributed by atoms with van der Waals surface area (Å²) in [5.41, 5.74) is 2.80. The normalized spacial score (nSPS) is 18.8. The van der Waals surface area contributed by atoms with Crippen LogP contribution in [0.3, 0.4) is 0 Å². The van der Waals surface area contributed by atoms with Crippen LogP contribution in [-0.2, 0) is 0 Å². The number of carbonyl (C=O) groups excluding carboxylic acids is 2. The second-order valence-corrected chi connectivity index (χ2v) is 9.03. The molecule has 2 aromatic carbocycles. The largest absolute Gasteiger partial charge is 0.496 e. The van der Waals surface area contributed by atoms with E-state index in [1.54, 1.807) is 54.9 Å². The topological polar surface area (TPSA) is 71.5 Å². The van der Waals surface area contributed by atoms with Crippen molar-refractivity contribution in [1.29, 1.82) is 0 Å². The molecular formula is C27H25F2N3O3. The molecule has 0 bridgehead atoms. The average molecular weight is 478 g/mol. The number of alkyl halides is 2. The van der Waals surface area contributed by atoms with Crippen molar-refractivity contribution in [2.75, 3.05) is 13.7 Å². The Hall–Kier alpha value is -3.81. The van der Waals surface area contributed by atoms with Gasteiger partial charge in [-0.1, -0.05) is 12.1 Å². The molecule has 2 heterocycles. The summed E-state index contributed by atoms with van der Waals surface area (Å²) in [6, 6.07) is 14.5. The zero-order chi connectivity index (χ0) is 24.6. The van der Waals surface area contributed by atoms with Gasteiger partial charge in [0.15, 0.2) is 0 Å². The summed E-state index contributed by atoms with van der Waals surface area (Å²) in [5, 5.41) is 2.91. The lowest BCUT2D eigenvalue weighted by Crippen LogP contribution is -2.33. The molecule has 6 nitrogen and oxygen atoms in total. The highest BCUT2D eigenvalue weighted by Crippen LogP contribution is 2.42. The number of hydrogen-bond acceptors (Lipinski definition) is 4. The van der Waals surface area contributed by atoms with Crippen LogP contribution in [0.25, 0.3) is 11.1 Å². The number of nitrogens with zero attached hydrogens (tertiary/aromatic N) is 2. The van der Waals surface area contributed by atoms with Gasteiger partial charge in [-0.3, -0.25) is 14.6 Å². The molecule has 0 radical (unpaired) electrons. The summed E-state index contributed by atoms with van der Waals surface area (Å²) in [5.74, 6) is -3.32. The van der Waals surface area contributed by atoms with E-state index >= 15 is 0 Å². The maximum Gasteiger partial charge on any atom is 0.267 e. The van der Waals surface area contributed by atoms with Gasteiger partial charge in [0.2, 0.25) is 0 Å². The Bertz CT molecular complexity index is 1260. The fourth-order valence-corrected chi connectivity index (χ4v) is 4.47. The van der Waals surface area contributed by atoms with E-state index in [2.05, 4.69) is 10.3 Å². The minimum atomic E-state index is -3.03. The van der Waals surface area contributed by atoms with Crippen molar-refractivity contribution < 1.29 is 23.1 Å². The maximum atomic E-state index is 14.6. The van der Waals surface area contributed by atoms with E-state index in [0.29, 0.717) is 16.9 Å². The lowest BCUT2D eigenvalue weighted by Gasteiger charge is -2.25. The SMILES string of the molecule is COc1cc(C(=O)N2CC(F)(F)C[C@@H]2c2cccc(C(=O)NC3CC3)c2)ccc1-c1ccncc1. The molecule has 35 heavy (non-hydrogen) atoms. The average Bonchev–Trinajstić information content (AvgIpc) is 3.63. The molecule has 5 rings (SSSR count). The van der Waals surface area contributed by atoms with Crippen molar-refractivity contribution in [2.45, 2.75) is 37.3 Å². The van der Waals surface area contributed by atoms with Crippen LogP contribution < -0.4 is 10.1 Å². The molecule has 3 aromatic rings. The Balaban J connectivity index is 1.44. The molecule has 2 aliphatic rings. The minimum absolute atomic E-state index is 0.185. The predicted molar refractivity (Wildman–Crippen MR) is 126 cm³/mol. The molecule has 8 heteroatoms. The summed E-state index contributed by atoms with van der Waals surface area (Å²) in [6.07, 6.45) is 4.71. The number of pyridine rings is 1. The molecule has 0 spiro atoms. The van der Waals surface area contributed by atoms with Crippen LogP contribution >= 0.6 is 0 Å². The number of ether oxygens (including phenoxy) is 1. The number of halogens is 2. The lowest BCUT2D eigenvalue weighted by atomic mass is 9.99. The third-order valence-electron chi connectivity index (χ3n) is 6.42. The third-order valence-corrected chi connectivity index (χ3v) is 6.42. The van der Waals surface area contributed by atoms with E-state index in [4.69, 9.17) is 4.74 Å². The van der Waals surface area contributed by atoms with Crippen LogP contribution in [0.5, 0.6) is 5.75 Å². The van der Waals surface area contributed by atoms with E-state index in [1.165, 1.54) is 12.0 Å². The highest BCUT2D eigenvalue weighted by Gasteiger charge is 2.47. The van der Waals surface area contributed by atoms with Crippen LogP contribution in [0, 0.1) is 0 Å². The van der Waals surface area contributed by atoms with E-state index in [1.807, 2.05) is 12.1 Å². The van der Waals surface area contributed by atoms with Crippen molar-refractivity contribution >= 4 is 11.8 Å². The highest BCUT2D eigenvalue weighted by molar-refractivity contribution is 5.97. The molecule has 180 valence electrons. The summed E-state index contributed by atoms with van der Waals surface area (Å²) in [4.78, 5) is 31.1. The van der Waals surface area contributed by atoms with E-state index < -0.39 is 30.8 Å². The fraction of sp³-hybridized carbons (Fsp3) is 0.296. The van der Waals surface area contributed by atoms with Crippen molar-refractivity contribution in [3.05, 3.63) is 83.7 Å².